The molecule has 0 unspecified atom stereocenters. The van der Waals surface area contributed by atoms with Gasteiger partial charge in [-0.2, -0.15) is 0 Å². The molecule has 5 heteroatoms. The summed E-state index contributed by atoms with van der Waals surface area (Å²) in [6, 6.07) is 12.5. The molecule has 2 aliphatic rings. The van der Waals surface area contributed by atoms with Crippen LogP contribution in [0.2, 0.25) is 0 Å². The van der Waals surface area contributed by atoms with Gasteiger partial charge in [0.15, 0.2) is 0 Å². The molecular formula is C22H26N2O2S. The van der Waals surface area contributed by atoms with Gasteiger partial charge in [0.2, 0.25) is 11.8 Å². The van der Waals surface area contributed by atoms with Crippen LogP contribution in [-0.2, 0) is 16.0 Å². The van der Waals surface area contributed by atoms with Gasteiger partial charge in [0.1, 0.15) is 0 Å². The third-order valence-electron chi connectivity index (χ3n) is 6.17. The summed E-state index contributed by atoms with van der Waals surface area (Å²) < 4.78 is 0. The quantitative estimate of drug-likeness (QED) is 0.854. The standard InChI is InChI=1S/C22H26N2O2S/c23-21(26)22(11-3-12-24(15-22)20(25)18-4-1-5-18)14-16-7-9-17(10-8-16)19-6-2-13-27-19/h2,6-10,13,18H,1,3-5,11-12,14-15H2,(H2,23,26)/t22-/m0/s1. The predicted molar refractivity (Wildman–Crippen MR) is 108 cm³/mol. The molecule has 1 saturated carbocycles. The SMILES string of the molecule is NC(=O)[C@]1(Cc2ccc(-c3cccs3)cc2)CCCN(C(=O)C2CCC2)C1. The van der Waals surface area contributed by atoms with Crippen molar-refractivity contribution in [1.82, 2.24) is 4.90 Å². The van der Waals surface area contributed by atoms with Gasteiger partial charge in [0, 0.05) is 23.9 Å². The Kier molecular flexibility index (Phi) is 5.04. The van der Waals surface area contributed by atoms with Crippen LogP contribution in [0, 0.1) is 11.3 Å². The van der Waals surface area contributed by atoms with E-state index in [0.29, 0.717) is 13.0 Å². The molecule has 1 aromatic heterocycles. The third-order valence-corrected chi connectivity index (χ3v) is 7.09. The molecule has 27 heavy (non-hydrogen) atoms. The molecule has 1 aliphatic heterocycles. The highest BCUT2D eigenvalue weighted by Gasteiger charge is 2.43. The summed E-state index contributed by atoms with van der Waals surface area (Å²) in [5.74, 6) is 0.106. The normalized spacial score (nSPS) is 23.0. The number of likely N-dealkylation sites (tertiary alicyclic amines) is 1. The van der Waals surface area contributed by atoms with Gasteiger partial charge in [-0.25, -0.2) is 0 Å². The monoisotopic (exact) mass is 382 g/mol. The lowest BCUT2D eigenvalue weighted by Crippen LogP contribution is -2.54. The first-order valence-electron chi connectivity index (χ1n) is 9.79. The van der Waals surface area contributed by atoms with E-state index < -0.39 is 5.41 Å². The Balaban J connectivity index is 1.51. The fraction of sp³-hybridized carbons (Fsp3) is 0.455. The Bertz CT molecular complexity index is 811. The summed E-state index contributed by atoms with van der Waals surface area (Å²) in [4.78, 5) is 28.3. The van der Waals surface area contributed by atoms with Crippen molar-refractivity contribution in [3.63, 3.8) is 0 Å². The highest BCUT2D eigenvalue weighted by atomic mass is 32.1. The molecule has 0 bridgehead atoms. The molecule has 2 fully saturated rings. The fourth-order valence-corrected chi connectivity index (χ4v) is 5.02. The number of carbonyl (C=O) groups is 2. The summed E-state index contributed by atoms with van der Waals surface area (Å²) >= 11 is 1.72. The number of amides is 2. The average Bonchev–Trinajstić information content (AvgIpc) is 3.15. The zero-order chi connectivity index (χ0) is 18.9. The fourth-order valence-electron chi connectivity index (χ4n) is 4.29. The Hall–Kier alpha value is -2.14. The lowest BCUT2D eigenvalue weighted by Gasteiger charge is -2.43. The molecule has 4 rings (SSSR count). The molecule has 1 aliphatic carbocycles. The summed E-state index contributed by atoms with van der Waals surface area (Å²) in [6.07, 6.45) is 5.31. The molecule has 0 radical (unpaired) electrons. The van der Waals surface area contributed by atoms with E-state index in [1.54, 1.807) is 11.3 Å². The van der Waals surface area contributed by atoms with Crippen molar-refractivity contribution < 1.29 is 9.59 Å². The molecule has 142 valence electrons. The highest BCUT2D eigenvalue weighted by molar-refractivity contribution is 7.13. The summed E-state index contributed by atoms with van der Waals surface area (Å²) in [5.41, 5.74) is 7.51. The molecule has 2 N–H and O–H groups in total. The lowest BCUT2D eigenvalue weighted by atomic mass is 9.73. The van der Waals surface area contributed by atoms with E-state index in [4.69, 9.17) is 5.73 Å². The number of primary amides is 1. The number of hydrogen-bond acceptors (Lipinski definition) is 3. The second-order valence-corrected chi connectivity index (χ2v) is 8.93. The van der Waals surface area contributed by atoms with Crippen LogP contribution in [-0.4, -0.2) is 29.8 Å². The smallest absolute Gasteiger partial charge is 0.225 e. The number of nitrogens with two attached hydrogens (primary N) is 1. The van der Waals surface area contributed by atoms with Gasteiger partial charge in [-0.15, -0.1) is 11.3 Å². The maximum absolute atomic E-state index is 12.7. The van der Waals surface area contributed by atoms with E-state index in [2.05, 4.69) is 35.7 Å². The number of thiophene rings is 1. The minimum atomic E-state index is -0.651. The highest BCUT2D eigenvalue weighted by Crippen LogP contribution is 2.37. The van der Waals surface area contributed by atoms with Crippen molar-refractivity contribution in [3.8, 4) is 10.4 Å². The van der Waals surface area contributed by atoms with Gasteiger partial charge < -0.3 is 10.6 Å². The third kappa shape index (κ3) is 3.65. The van der Waals surface area contributed by atoms with Gasteiger partial charge in [-0.05, 0) is 54.7 Å². The molecule has 2 amide bonds. The number of carbonyl (C=O) groups excluding carboxylic acids is 2. The summed E-state index contributed by atoms with van der Waals surface area (Å²) in [5, 5.41) is 2.07. The van der Waals surface area contributed by atoms with E-state index in [1.807, 2.05) is 11.0 Å². The van der Waals surface area contributed by atoms with Crippen molar-refractivity contribution in [3.05, 3.63) is 47.3 Å². The van der Waals surface area contributed by atoms with Crippen molar-refractivity contribution in [2.24, 2.45) is 17.1 Å². The van der Waals surface area contributed by atoms with Crippen LogP contribution in [0.4, 0.5) is 0 Å². The zero-order valence-electron chi connectivity index (χ0n) is 15.5. The van der Waals surface area contributed by atoms with Gasteiger partial charge >= 0.3 is 0 Å². The molecule has 1 saturated heterocycles. The van der Waals surface area contributed by atoms with E-state index >= 15 is 0 Å². The maximum Gasteiger partial charge on any atom is 0.225 e. The van der Waals surface area contributed by atoms with E-state index in [9.17, 15) is 9.59 Å². The second-order valence-electron chi connectivity index (χ2n) is 7.99. The molecule has 1 atom stereocenters. The summed E-state index contributed by atoms with van der Waals surface area (Å²) in [6.45, 7) is 1.21. The Morgan fingerprint density at radius 1 is 1.15 bits per heavy atom. The minimum absolute atomic E-state index is 0.166. The van der Waals surface area contributed by atoms with Crippen LogP contribution in [0.25, 0.3) is 10.4 Å². The topological polar surface area (TPSA) is 63.4 Å². The second kappa shape index (κ2) is 7.47. The maximum atomic E-state index is 12.7. The number of piperidine rings is 1. The molecule has 0 spiro atoms. The Morgan fingerprint density at radius 2 is 1.93 bits per heavy atom. The number of hydrogen-bond donors (Lipinski definition) is 1. The van der Waals surface area contributed by atoms with Crippen LogP contribution in [0.15, 0.2) is 41.8 Å². The van der Waals surface area contributed by atoms with E-state index in [0.717, 1.165) is 44.2 Å². The van der Waals surface area contributed by atoms with Crippen LogP contribution in [0.5, 0.6) is 0 Å². The first-order chi connectivity index (χ1) is 13.1. The van der Waals surface area contributed by atoms with Crippen molar-refractivity contribution in [1.29, 1.82) is 0 Å². The van der Waals surface area contributed by atoms with Crippen LogP contribution in [0.1, 0.15) is 37.7 Å². The first kappa shape index (κ1) is 18.2. The minimum Gasteiger partial charge on any atom is -0.369 e. The molecular weight excluding hydrogens is 356 g/mol. The predicted octanol–water partition coefficient (Wildman–Crippen LogP) is 3.85. The molecule has 2 aromatic rings. The largest absolute Gasteiger partial charge is 0.369 e. The van der Waals surface area contributed by atoms with Crippen molar-refractivity contribution in [2.45, 2.75) is 38.5 Å². The number of rotatable bonds is 5. The number of nitrogens with zero attached hydrogens (tertiary/aromatic N) is 1. The van der Waals surface area contributed by atoms with E-state index in [-0.39, 0.29) is 17.7 Å². The van der Waals surface area contributed by atoms with Crippen LogP contribution < -0.4 is 5.73 Å². The van der Waals surface area contributed by atoms with E-state index in [1.165, 1.54) is 10.4 Å². The van der Waals surface area contributed by atoms with Gasteiger partial charge in [0.05, 0.1) is 5.41 Å². The van der Waals surface area contributed by atoms with Crippen LogP contribution >= 0.6 is 11.3 Å². The van der Waals surface area contributed by atoms with Crippen LogP contribution in [0.3, 0.4) is 0 Å². The molecule has 4 nitrogen and oxygen atoms in total. The van der Waals surface area contributed by atoms with Gasteiger partial charge in [-0.1, -0.05) is 36.8 Å². The first-order valence-corrected chi connectivity index (χ1v) is 10.7. The number of benzene rings is 1. The average molecular weight is 383 g/mol. The molecule has 2 heterocycles. The zero-order valence-corrected chi connectivity index (χ0v) is 16.3. The lowest BCUT2D eigenvalue weighted by molar-refractivity contribution is -0.145. The van der Waals surface area contributed by atoms with Gasteiger partial charge in [0.25, 0.3) is 0 Å². The summed E-state index contributed by atoms with van der Waals surface area (Å²) in [7, 11) is 0. The Morgan fingerprint density at radius 3 is 2.52 bits per heavy atom. The van der Waals surface area contributed by atoms with Crippen molar-refractivity contribution in [2.75, 3.05) is 13.1 Å². The Labute approximate surface area is 164 Å². The van der Waals surface area contributed by atoms with Crippen molar-refractivity contribution >= 4 is 23.2 Å². The van der Waals surface area contributed by atoms with Gasteiger partial charge in [-0.3, -0.25) is 9.59 Å². The molecule has 1 aromatic carbocycles.